The van der Waals surface area contributed by atoms with E-state index in [2.05, 4.69) is 4.98 Å². The van der Waals surface area contributed by atoms with Crippen molar-refractivity contribution < 1.29 is 29.1 Å². The van der Waals surface area contributed by atoms with Crippen LogP contribution in [-0.2, 0) is 9.59 Å². The summed E-state index contributed by atoms with van der Waals surface area (Å²) in [5, 5.41) is 22.9. The maximum atomic E-state index is 13.4. The van der Waals surface area contributed by atoms with Gasteiger partial charge in [0.05, 0.1) is 41.0 Å². The first-order valence-electron chi connectivity index (χ1n) is 11.0. The van der Waals surface area contributed by atoms with E-state index in [0.29, 0.717) is 21.7 Å². The van der Waals surface area contributed by atoms with Gasteiger partial charge in [-0.05, 0) is 48.0 Å². The van der Waals surface area contributed by atoms with Crippen LogP contribution in [0.5, 0.6) is 11.5 Å². The molecule has 1 saturated heterocycles. The zero-order valence-electron chi connectivity index (χ0n) is 19.6. The van der Waals surface area contributed by atoms with Crippen molar-refractivity contribution in [3.05, 3.63) is 93.5 Å². The number of aliphatic hydroxyl groups is 1. The molecule has 1 aliphatic heterocycles. The number of nitro groups is 1. The predicted molar refractivity (Wildman–Crippen MR) is 137 cm³/mol. The Morgan fingerprint density at radius 1 is 1.03 bits per heavy atom. The van der Waals surface area contributed by atoms with Gasteiger partial charge in [0.1, 0.15) is 17.3 Å². The largest absolute Gasteiger partial charge is 0.507 e. The molecule has 3 aromatic carbocycles. The standard InChI is InChI=1S/C26H19N3O7S/c1-35-17-8-6-14(7-9-17)23(30)21-22(15-4-3-5-16(12-15)29(33)34)28(25(32)24(21)31)26-27-19-11-10-18(36-2)13-20(19)37-26/h3-13,22,30H,1-2H3/b23-21+/t22-/m0/s1. The lowest BCUT2D eigenvalue weighted by Crippen LogP contribution is -2.29. The van der Waals surface area contributed by atoms with Gasteiger partial charge in [0.2, 0.25) is 0 Å². The van der Waals surface area contributed by atoms with Crippen LogP contribution in [0.2, 0.25) is 0 Å². The highest BCUT2D eigenvalue weighted by atomic mass is 32.1. The van der Waals surface area contributed by atoms with E-state index in [1.54, 1.807) is 48.5 Å². The lowest BCUT2D eigenvalue weighted by molar-refractivity contribution is -0.384. The molecule has 0 saturated carbocycles. The number of ether oxygens (including phenoxy) is 2. The van der Waals surface area contributed by atoms with E-state index in [1.807, 2.05) is 0 Å². The van der Waals surface area contributed by atoms with Gasteiger partial charge in [0.25, 0.3) is 11.5 Å². The number of hydrogen-bond donors (Lipinski definition) is 1. The highest BCUT2D eigenvalue weighted by molar-refractivity contribution is 7.22. The van der Waals surface area contributed by atoms with Gasteiger partial charge in [0.15, 0.2) is 5.13 Å². The molecule has 10 nitrogen and oxygen atoms in total. The Labute approximate surface area is 214 Å². The molecule has 0 unspecified atom stereocenters. The third kappa shape index (κ3) is 4.15. The molecule has 0 bridgehead atoms. The summed E-state index contributed by atoms with van der Waals surface area (Å²) in [4.78, 5) is 43.3. The number of carbonyl (C=O) groups is 2. The lowest BCUT2D eigenvalue weighted by atomic mass is 9.95. The minimum Gasteiger partial charge on any atom is -0.507 e. The van der Waals surface area contributed by atoms with Crippen molar-refractivity contribution in [1.29, 1.82) is 0 Å². The number of fused-ring (bicyclic) bond motifs is 1. The highest BCUT2D eigenvalue weighted by Crippen LogP contribution is 2.45. The summed E-state index contributed by atoms with van der Waals surface area (Å²) >= 11 is 1.16. The summed E-state index contributed by atoms with van der Waals surface area (Å²) < 4.78 is 11.1. The van der Waals surface area contributed by atoms with Crippen LogP contribution in [0, 0.1) is 10.1 Å². The molecule has 0 aliphatic carbocycles. The number of rotatable bonds is 6. The molecule has 4 aromatic rings. The molecule has 37 heavy (non-hydrogen) atoms. The molecule has 11 heteroatoms. The Bertz CT molecular complexity index is 1590. The molecule has 5 rings (SSSR count). The molecule has 1 amide bonds. The Balaban J connectivity index is 1.72. The number of methoxy groups -OCH3 is 2. The number of non-ortho nitro benzene ring substituents is 1. The summed E-state index contributed by atoms with van der Waals surface area (Å²) in [6, 6.07) is 16.0. The molecule has 1 N–H and O–H groups in total. The zero-order valence-corrected chi connectivity index (χ0v) is 20.4. The van der Waals surface area contributed by atoms with Crippen molar-refractivity contribution in [2.24, 2.45) is 0 Å². The first-order chi connectivity index (χ1) is 17.8. The molecular weight excluding hydrogens is 498 g/mol. The van der Waals surface area contributed by atoms with Gasteiger partial charge in [-0.1, -0.05) is 23.5 Å². The summed E-state index contributed by atoms with van der Waals surface area (Å²) in [5.41, 5.74) is 0.716. The van der Waals surface area contributed by atoms with E-state index >= 15 is 0 Å². The number of anilines is 1. The Kier molecular flexibility index (Phi) is 6.06. The molecule has 186 valence electrons. The first-order valence-corrected chi connectivity index (χ1v) is 11.8. The van der Waals surface area contributed by atoms with Crippen LogP contribution in [0.4, 0.5) is 10.8 Å². The van der Waals surface area contributed by atoms with Crippen molar-refractivity contribution in [1.82, 2.24) is 4.98 Å². The number of amides is 1. The van der Waals surface area contributed by atoms with Crippen LogP contribution < -0.4 is 14.4 Å². The monoisotopic (exact) mass is 517 g/mol. The molecule has 1 atom stereocenters. The number of hydrogen-bond acceptors (Lipinski definition) is 9. The first kappa shape index (κ1) is 23.9. The average molecular weight is 518 g/mol. The number of carbonyl (C=O) groups excluding carboxylic acids is 2. The number of aliphatic hydroxyl groups excluding tert-OH is 1. The molecule has 0 radical (unpaired) electrons. The Hall–Kier alpha value is -4.77. The SMILES string of the molecule is COc1ccc(/C(O)=C2\C(=O)C(=O)N(c3nc4ccc(OC)cc4s3)[C@H]2c2cccc([N+](=O)[O-])c2)cc1. The fourth-order valence-corrected chi connectivity index (χ4v) is 5.20. The minimum atomic E-state index is -1.15. The van der Waals surface area contributed by atoms with Gasteiger partial charge in [0, 0.05) is 17.7 Å². The van der Waals surface area contributed by atoms with Gasteiger partial charge >= 0.3 is 5.91 Å². The number of ketones is 1. The van der Waals surface area contributed by atoms with Crippen molar-refractivity contribution in [3.63, 3.8) is 0 Å². The van der Waals surface area contributed by atoms with Crippen molar-refractivity contribution in [3.8, 4) is 11.5 Å². The van der Waals surface area contributed by atoms with Gasteiger partial charge in [-0.15, -0.1) is 0 Å². The smallest absolute Gasteiger partial charge is 0.301 e. The van der Waals surface area contributed by atoms with E-state index in [4.69, 9.17) is 9.47 Å². The number of thiazole rings is 1. The number of nitro benzene ring substituents is 1. The molecule has 1 fully saturated rings. The maximum absolute atomic E-state index is 13.4. The van der Waals surface area contributed by atoms with Crippen LogP contribution in [-0.4, -0.2) is 40.9 Å². The molecule has 2 heterocycles. The third-order valence-electron chi connectivity index (χ3n) is 6.00. The van der Waals surface area contributed by atoms with E-state index < -0.39 is 28.4 Å². The van der Waals surface area contributed by atoms with E-state index in [9.17, 15) is 24.8 Å². The number of benzene rings is 3. The second-order valence-electron chi connectivity index (χ2n) is 8.08. The Morgan fingerprint density at radius 2 is 1.73 bits per heavy atom. The summed E-state index contributed by atoms with van der Waals surface area (Å²) in [5.74, 6) is -1.11. The van der Waals surface area contributed by atoms with Crippen molar-refractivity contribution in [2.75, 3.05) is 19.1 Å². The highest BCUT2D eigenvalue weighted by Gasteiger charge is 2.48. The second-order valence-corrected chi connectivity index (χ2v) is 9.09. The van der Waals surface area contributed by atoms with Gasteiger partial charge in [-0.2, -0.15) is 0 Å². The fraction of sp³-hybridized carbons (Fsp3) is 0.115. The van der Waals surface area contributed by atoms with Crippen LogP contribution in [0.1, 0.15) is 17.2 Å². The topological polar surface area (TPSA) is 132 Å². The third-order valence-corrected chi connectivity index (χ3v) is 7.01. The molecular formula is C26H19N3O7S. The lowest BCUT2D eigenvalue weighted by Gasteiger charge is -2.22. The average Bonchev–Trinajstić information content (AvgIpc) is 3.45. The second kappa shape index (κ2) is 9.36. The zero-order chi connectivity index (χ0) is 26.3. The van der Waals surface area contributed by atoms with E-state index in [-0.39, 0.29) is 27.5 Å². The molecule has 1 aliphatic rings. The normalized spacial score (nSPS) is 16.8. The van der Waals surface area contributed by atoms with E-state index in [0.717, 1.165) is 11.3 Å². The maximum Gasteiger partial charge on any atom is 0.301 e. The van der Waals surface area contributed by atoms with Crippen molar-refractivity contribution >= 4 is 49.8 Å². The quantitative estimate of drug-likeness (QED) is 0.126. The summed E-state index contributed by atoms with van der Waals surface area (Å²) in [7, 11) is 3.03. The van der Waals surface area contributed by atoms with Crippen LogP contribution in [0.25, 0.3) is 16.0 Å². The van der Waals surface area contributed by atoms with Crippen LogP contribution in [0.15, 0.2) is 72.3 Å². The molecule has 0 spiro atoms. The Morgan fingerprint density at radius 3 is 2.41 bits per heavy atom. The summed E-state index contributed by atoms with van der Waals surface area (Å²) in [6.07, 6.45) is 0. The van der Waals surface area contributed by atoms with Crippen LogP contribution >= 0.6 is 11.3 Å². The van der Waals surface area contributed by atoms with Gasteiger partial charge < -0.3 is 14.6 Å². The molecule has 1 aromatic heterocycles. The predicted octanol–water partition coefficient (Wildman–Crippen LogP) is 4.85. The summed E-state index contributed by atoms with van der Waals surface area (Å²) in [6.45, 7) is 0. The number of nitrogens with zero attached hydrogens (tertiary/aromatic N) is 3. The number of Topliss-reactive ketones (excluding diaryl/α,β-unsaturated/α-hetero) is 1. The minimum absolute atomic E-state index is 0.201. The van der Waals surface area contributed by atoms with Gasteiger partial charge in [-0.25, -0.2) is 4.98 Å². The fourth-order valence-electron chi connectivity index (χ4n) is 4.18. The van der Waals surface area contributed by atoms with E-state index in [1.165, 1.54) is 37.3 Å². The van der Waals surface area contributed by atoms with Gasteiger partial charge in [-0.3, -0.25) is 24.6 Å². The van der Waals surface area contributed by atoms with Crippen LogP contribution in [0.3, 0.4) is 0 Å². The number of aromatic nitrogens is 1. The van der Waals surface area contributed by atoms with Crippen molar-refractivity contribution in [2.45, 2.75) is 6.04 Å².